The van der Waals surface area contributed by atoms with Gasteiger partial charge in [-0.25, -0.2) is 9.66 Å². The van der Waals surface area contributed by atoms with E-state index in [1.807, 2.05) is 4.68 Å². The fraction of sp³-hybridized carbons (Fsp3) is 0.500. The summed E-state index contributed by atoms with van der Waals surface area (Å²) in [4.78, 5) is 19.4. The van der Waals surface area contributed by atoms with Gasteiger partial charge in [0, 0.05) is 44.7 Å². The van der Waals surface area contributed by atoms with Crippen molar-refractivity contribution < 1.29 is 9.53 Å². The third-order valence-electron chi connectivity index (χ3n) is 5.87. The Morgan fingerprint density at radius 1 is 1.11 bits per heavy atom. The van der Waals surface area contributed by atoms with Gasteiger partial charge in [0.25, 0.3) is 5.91 Å². The van der Waals surface area contributed by atoms with Crippen LogP contribution in [0.1, 0.15) is 46.6 Å². The molecule has 5 rings (SSSR count). The van der Waals surface area contributed by atoms with E-state index in [0.717, 1.165) is 51.5 Å². The van der Waals surface area contributed by atoms with E-state index in [4.69, 9.17) is 4.74 Å². The van der Waals surface area contributed by atoms with Crippen molar-refractivity contribution in [2.24, 2.45) is 0 Å². The first kappa shape index (κ1) is 16.8. The van der Waals surface area contributed by atoms with Crippen LogP contribution in [-0.2, 0) is 4.74 Å². The molecule has 27 heavy (non-hydrogen) atoms. The largest absolute Gasteiger partial charge is 0.381 e. The van der Waals surface area contributed by atoms with Gasteiger partial charge in [0.2, 0.25) is 0 Å². The van der Waals surface area contributed by atoms with Crippen molar-refractivity contribution in [2.45, 2.75) is 30.8 Å². The van der Waals surface area contributed by atoms with Crippen LogP contribution in [0.5, 0.6) is 0 Å². The third-order valence-corrected chi connectivity index (χ3v) is 5.87. The Morgan fingerprint density at radius 2 is 1.89 bits per heavy atom. The summed E-state index contributed by atoms with van der Waals surface area (Å²) in [6.07, 6.45) is 3.48. The molecule has 3 aliphatic heterocycles. The lowest BCUT2D eigenvalue weighted by Gasteiger charge is -2.42. The van der Waals surface area contributed by atoms with Gasteiger partial charge in [0.15, 0.2) is 0 Å². The van der Waals surface area contributed by atoms with E-state index in [2.05, 4.69) is 51.0 Å². The van der Waals surface area contributed by atoms with Gasteiger partial charge in [-0.3, -0.25) is 9.69 Å². The van der Waals surface area contributed by atoms with Crippen LogP contribution < -0.4 is 10.7 Å². The molecule has 0 bridgehead atoms. The normalized spacial score (nSPS) is 24.0. The standard InChI is InChI=1S/C20H25N5O2/c26-20-17-10-21-19(15-6-8-27-9-7-15)25(17)23-18(22-20)13-24-11-16(12-24)14-4-2-1-3-5-14/h1-5,10,15-16,18,23H,6-9,11-13H2,(H,22,26). The summed E-state index contributed by atoms with van der Waals surface area (Å²) in [6.45, 7) is 4.37. The number of amides is 1. The van der Waals surface area contributed by atoms with E-state index in [0.29, 0.717) is 17.5 Å². The molecule has 142 valence electrons. The number of likely N-dealkylation sites (tertiary alicyclic amines) is 1. The molecule has 7 nitrogen and oxygen atoms in total. The first-order valence-corrected chi connectivity index (χ1v) is 9.78. The van der Waals surface area contributed by atoms with E-state index < -0.39 is 0 Å². The zero-order valence-corrected chi connectivity index (χ0v) is 15.3. The Morgan fingerprint density at radius 3 is 2.67 bits per heavy atom. The number of aromatic nitrogens is 2. The SMILES string of the molecule is O=C1NC(CN2CC(c3ccccc3)C2)Nn2c1cnc2C1CCOCC1. The van der Waals surface area contributed by atoms with E-state index >= 15 is 0 Å². The van der Waals surface area contributed by atoms with Crippen molar-refractivity contribution in [1.29, 1.82) is 0 Å². The minimum atomic E-state index is -0.102. The monoisotopic (exact) mass is 367 g/mol. The number of nitrogens with one attached hydrogen (secondary N) is 2. The molecule has 0 radical (unpaired) electrons. The molecule has 0 saturated carbocycles. The first-order valence-electron chi connectivity index (χ1n) is 9.78. The summed E-state index contributed by atoms with van der Waals surface area (Å²) in [6, 6.07) is 10.6. The van der Waals surface area contributed by atoms with Gasteiger partial charge in [-0.1, -0.05) is 30.3 Å². The van der Waals surface area contributed by atoms with Gasteiger partial charge in [0.1, 0.15) is 17.7 Å². The van der Waals surface area contributed by atoms with Gasteiger partial charge in [0.05, 0.1) is 6.20 Å². The summed E-state index contributed by atoms with van der Waals surface area (Å²) in [5, 5.41) is 3.07. The van der Waals surface area contributed by atoms with Crippen LogP contribution in [0.3, 0.4) is 0 Å². The molecular formula is C20H25N5O2. The second-order valence-electron chi connectivity index (χ2n) is 7.70. The highest BCUT2D eigenvalue weighted by Gasteiger charge is 2.34. The third kappa shape index (κ3) is 3.21. The summed E-state index contributed by atoms with van der Waals surface area (Å²) in [5.74, 6) is 1.84. The first-order chi connectivity index (χ1) is 13.3. The molecule has 1 atom stereocenters. The fourth-order valence-corrected chi connectivity index (χ4v) is 4.33. The van der Waals surface area contributed by atoms with Crippen molar-refractivity contribution >= 4 is 5.91 Å². The summed E-state index contributed by atoms with van der Waals surface area (Å²) in [5.41, 5.74) is 5.46. The number of carbonyl (C=O) groups is 1. The molecule has 4 heterocycles. The van der Waals surface area contributed by atoms with Crippen LogP contribution in [0, 0.1) is 0 Å². The number of imidazole rings is 1. The predicted molar refractivity (Wildman–Crippen MR) is 101 cm³/mol. The van der Waals surface area contributed by atoms with Crippen molar-refractivity contribution in [3.63, 3.8) is 0 Å². The molecule has 2 fully saturated rings. The maximum Gasteiger partial charge on any atom is 0.273 e. The topological polar surface area (TPSA) is 71.4 Å². The highest BCUT2D eigenvalue weighted by molar-refractivity contribution is 5.93. The quantitative estimate of drug-likeness (QED) is 0.857. The number of benzene rings is 1. The van der Waals surface area contributed by atoms with Crippen molar-refractivity contribution in [1.82, 2.24) is 19.9 Å². The second-order valence-corrected chi connectivity index (χ2v) is 7.70. The Hall–Kier alpha value is -2.38. The average molecular weight is 367 g/mol. The molecule has 1 aromatic carbocycles. The van der Waals surface area contributed by atoms with E-state index in [1.165, 1.54) is 5.56 Å². The zero-order valence-electron chi connectivity index (χ0n) is 15.3. The number of hydrogen-bond donors (Lipinski definition) is 2. The Labute approximate surface area is 158 Å². The van der Waals surface area contributed by atoms with Crippen LogP contribution in [0.4, 0.5) is 0 Å². The van der Waals surface area contributed by atoms with Crippen LogP contribution in [0.2, 0.25) is 0 Å². The fourth-order valence-electron chi connectivity index (χ4n) is 4.33. The predicted octanol–water partition coefficient (Wildman–Crippen LogP) is 1.49. The van der Waals surface area contributed by atoms with Crippen LogP contribution in [0.25, 0.3) is 0 Å². The summed E-state index contributed by atoms with van der Waals surface area (Å²) >= 11 is 0. The Kier molecular flexibility index (Phi) is 4.33. The highest BCUT2D eigenvalue weighted by atomic mass is 16.5. The molecule has 0 spiro atoms. The van der Waals surface area contributed by atoms with Gasteiger partial charge in [-0.15, -0.1) is 0 Å². The van der Waals surface area contributed by atoms with Crippen LogP contribution in [0.15, 0.2) is 36.5 Å². The molecule has 1 aromatic heterocycles. The van der Waals surface area contributed by atoms with Crippen LogP contribution in [-0.4, -0.2) is 59.5 Å². The average Bonchev–Trinajstić information content (AvgIpc) is 3.10. The maximum atomic E-state index is 12.5. The molecule has 2 N–H and O–H groups in total. The smallest absolute Gasteiger partial charge is 0.273 e. The minimum absolute atomic E-state index is 0.0512. The Bertz CT molecular complexity index is 809. The number of ether oxygens (including phenoxy) is 1. The van der Waals surface area contributed by atoms with E-state index in [1.54, 1.807) is 6.20 Å². The van der Waals surface area contributed by atoms with Gasteiger partial charge in [-0.05, 0) is 18.4 Å². The molecule has 2 saturated heterocycles. The number of hydrogen-bond acceptors (Lipinski definition) is 5. The number of carbonyl (C=O) groups excluding carboxylic acids is 1. The molecule has 7 heteroatoms. The molecule has 1 unspecified atom stereocenters. The minimum Gasteiger partial charge on any atom is -0.381 e. The van der Waals surface area contributed by atoms with Crippen LogP contribution >= 0.6 is 0 Å². The van der Waals surface area contributed by atoms with Crippen molar-refractivity contribution in [3.8, 4) is 0 Å². The molecule has 1 amide bonds. The molecule has 2 aromatic rings. The summed E-state index contributed by atoms with van der Waals surface area (Å²) in [7, 11) is 0. The van der Waals surface area contributed by atoms with Gasteiger partial charge >= 0.3 is 0 Å². The zero-order chi connectivity index (χ0) is 18.2. The van der Waals surface area contributed by atoms with Gasteiger partial charge in [-0.2, -0.15) is 0 Å². The number of fused-ring (bicyclic) bond motifs is 1. The Balaban J connectivity index is 1.24. The van der Waals surface area contributed by atoms with Crippen molar-refractivity contribution in [3.05, 3.63) is 53.6 Å². The lowest BCUT2D eigenvalue weighted by atomic mass is 9.91. The van der Waals surface area contributed by atoms with Crippen molar-refractivity contribution in [2.75, 3.05) is 38.3 Å². The molecule has 3 aliphatic rings. The molecule has 0 aliphatic carbocycles. The lowest BCUT2D eigenvalue weighted by molar-refractivity contribution is 0.0811. The van der Waals surface area contributed by atoms with E-state index in [-0.39, 0.29) is 12.1 Å². The second kappa shape index (κ2) is 6.98. The number of rotatable bonds is 4. The lowest BCUT2D eigenvalue weighted by Crippen LogP contribution is -2.59. The summed E-state index contributed by atoms with van der Waals surface area (Å²) < 4.78 is 7.37. The maximum absolute atomic E-state index is 12.5. The van der Waals surface area contributed by atoms with E-state index in [9.17, 15) is 4.79 Å². The number of nitrogens with zero attached hydrogens (tertiary/aromatic N) is 3. The molecular weight excluding hydrogens is 342 g/mol. The van der Waals surface area contributed by atoms with Gasteiger partial charge < -0.3 is 15.5 Å². The highest BCUT2D eigenvalue weighted by Crippen LogP contribution is 2.28.